The maximum Gasteiger partial charge on any atom is 0.225 e. The van der Waals surface area contributed by atoms with Crippen LogP contribution < -0.4 is 0 Å². The van der Waals surface area contributed by atoms with E-state index in [0.29, 0.717) is 13.0 Å². The number of benzene rings is 1. The zero-order valence-electron chi connectivity index (χ0n) is 11.5. The van der Waals surface area contributed by atoms with Crippen molar-refractivity contribution >= 4 is 21.8 Å². The third-order valence-corrected chi connectivity index (χ3v) is 4.40. The van der Waals surface area contributed by atoms with Gasteiger partial charge in [-0.25, -0.2) is 0 Å². The fraction of sp³-hybridized carbons (Fsp3) is 0.533. The molecule has 1 amide bonds. The first-order valence-electron chi connectivity index (χ1n) is 6.58. The molecule has 104 valence electrons. The Bertz CT molecular complexity index is 452. The molecule has 3 nitrogen and oxygen atoms in total. The van der Waals surface area contributed by atoms with E-state index in [0.717, 1.165) is 29.3 Å². The molecule has 1 aliphatic rings. The van der Waals surface area contributed by atoms with E-state index in [2.05, 4.69) is 15.9 Å². The van der Waals surface area contributed by atoms with E-state index in [1.165, 1.54) is 0 Å². The minimum Gasteiger partial charge on any atom is -0.378 e. The lowest BCUT2D eigenvalue weighted by molar-refractivity contribution is -0.143. The van der Waals surface area contributed by atoms with Gasteiger partial charge in [-0.05, 0) is 37.0 Å². The maximum absolute atomic E-state index is 12.2. The summed E-state index contributed by atoms with van der Waals surface area (Å²) in [5.41, 5.74) is 0.938. The molecule has 1 aromatic carbocycles. The Labute approximate surface area is 123 Å². The number of nitrogens with zero attached hydrogens (tertiary/aromatic N) is 1. The number of carbonyl (C=O) groups is 1. The number of hydrogen-bond acceptors (Lipinski definition) is 2. The van der Waals surface area contributed by atoms with Gasteiger partial charge in [0.25, 0.3) is 0 Å². The van der Waals surface area contributed by atoms with E-state index in [-0.39, 0.29) is 11.5 Å². The van der Waals surface area contributed by atoms with Crippen molar-refractivity contribution in [2.75, 3.05) is 14.2 Å². The number of amides is 1. The highest BCUT2D eigenvalue weighted by Crippen LogP contribution is 2.38. The van der Waals surface area contributed by atoms with Crippen molar-refractivity contribution in [2.24, 2.45) is 0 Å². The van der Waals surface area contributed by atoms with Crippen LogP contribution in [0.2, 0.25) is 0 Å². The third kappa shape index (κ3) is 3.57. The summed E-state index contributed by atoms with van der Waals surface area (Å²) in [7, 11) is 3.56. The van der Waals surface area contributed by atoms with E-state index in [4.69, 9.17) is 4.74 Å². The van der Waals surface area contributed by atoms with Gasteiger partial charge in [0.1, 0.15) is 0 Å². The summed E-state index contributed by atoms with van der Waals surface area (Å²) in [5, 5.41) is 0. The minimum absolute atomic E-state index is 0.154. The highest BCUT2D eigenvalue weighted by atomic mass is 79.9. The van der Waals surface area contributed by atoms with Crippen molar-refractivity contribution in [3.63, 3.8) is 0 Å². The third-order valence-electron chi connectivity index (χ3n) is 3.91. The summed E-state index contributed by atoms with van der Waals surface area (Å²) in [6.45, 7) is 0.637. The standard InChI is InChI=1S/C15H20BrNO2/c1-17(11-12-5-3-6-13(16)9-12)14(18)10-15(19-2)7-4-8-15/h3,5-6,9H,4,7-8,10-11H2,1-2H3. The normalized spacial score (nSPS) is 16.8. The Kier molecular flexibility index (Phi) is 4.63. The first-order valence-corrected chi connectivity index (χ1v) is 7.37. The number of methoxy groups -OCH3 is 1. The number of carbonyl (C=O) groups excluding carboxylic acids is 1. The Morgan fingerprint density at radius 3 is 2.74 bits per heavy atom. The van der Waals surface area contributed by atoms with E-state index < -0.39 is 0 Å². The van der Waals surface area contributed by atoms with Crippen LogP contribution in [-0.4, -0.2) is 30.6 Å². The maximum atomic E-state index is 12.2. The van der Waals surface area contributed by atoms with Gasteiger partial charge in [-0.1, -0.05) is 28.1 Å². The molecule has 0 radical (unpaired) electrons. The van der Waals surface area contributed by atoms with Gasteiger partial charge in [0, 0.05) is 25.2 Å². The SMILES string of the molecule is COC1(CC(=O)N(C)Cc2cccc(Br)c2)CCC1. The van der Waals surface area contributed by atoms with Gasteiger partial charge in [-0.3, -0.25) is 4.79 Å². The fourth-order valence-electron chi connectivity index (χ4n) is 2.43. The molecule has 0 saturated heterocycles. The van der Waals surface area contributed by atoms with Gasteiger partial charge in [0.15, 0.2) is 0 Å². The summed E-state index contributed by atoms with van der Waals surface area (Å²) < 4.78 is 6.55. The molecule has 19 heavy (non-hydrogen) atoms. The van der Waals surface area contributed by atoms with Crippen LogP contribution in [0.5, 0.6) is 0 Å². The smallest absolute Gasteiger partial charge is 0.225 e. The van der Waals surface area contributed by atoms with Crippen LogP contribution in [0.3, 0.4) is 0 Å². The van der Waals surface area contributed by atoms with Crippen LogP contribution in [0, 0.1) is 0 Å². The van der Waals surface area contributed by atoms with Gasteiger partial charge >= 0.3 is 0 Å². The van der Waals surface area contributed by atoms with Crippen LogP contribution in [0.4, 0.5) is 0 Å². The number of halogens is 1. The lowest BCUT2D eigenvalue weighted by Gasteiger charge is -2.40. The monoisotopic (exact) mass is 325 g/mol. The van der Waals surface area contributed by atoms with Gasteiger partial charge < -0.3 is 9.64 Å². The van der Waals surface area contributed by atoms with Crippen LogP contribution in [0.1, 0.15) is 31.2 Å². The van der Waals surface area contributed by atoms with E-state index in [1.54, 1.807) is 12.0 Å². The van der Waals surface area contributed by atoms with Crippen molar-refractivity contribution < 1.29 is 9.53 Å². The van der Waals surface area contributed by atoms with Gasteiger partial charge in [-0.2, -0.15) is 0 Å². The highest BCUT2D eigenvalue weighted by molar-refractivity contribution is 9.10. The molecule has 0 heterocycles. The predicted molar refractivity (Wildman–Crippen MR) is 78.8 cm³/mol. The Morgan fingerprint density at radius 1 is 1.47 bits per heavy atom. The van der Waals surface area contributed by atoms with Crippen LogP contribution in [-0.2, 0) is 16.1 Å². The van der Waals surface area contributed by atoms with Crippen LogP contribution >= 0.6 is 15.9 Å². The Morgan fingerprint density at radius 2 is 2.21 bits per heavy atom. The van der Waals surface area contributed by atoms with Gasteiger partial charge in [-0.15, -0.1) is 0 Å². The lowest BCUT2D eigenvalue weighted by atomic mass is 9.77. The van der Waals surface area contributed by atoms with Gasteiger partial charge in [0.05, 0.1) is 12.0 Å². The van der Waals surface area contributed by atoms with Crippen molar-refractivity contribution in [2.45, 2.75) is 37.8 Å². The Balaban J connectivity index is 1.92. The summed E-state index contributed by atoms with van der Waals surface area (Å²) in [6, 6.07) is 8.04. The molecule has 0 N–H and O–H groups in total. The van der Waals surface area contributed by atoms with E-state index >= 15 is 0 Å². The first-order chi connectivity index (χ1) is 9.04. The second-order valence-electron chi connectivity index (χ2n) is 5.30. The zero-order chi connectivity index (χ0) is 13.9. The molecule has 2 rings (SSSR count). The molecular weight excluding hydrogens is 306 g/mol. The summed E-state index contributed by atoms with van der Waals surface area (Å²) in [4.78, 5) is 14.0. The molecule has 0 spiro atoms. The summed E-state index contributed by atoms with van der Waals surface area (Å²) >= 11 is 3.45. The molecule has 4 heteroatoms. The van der Waals surface area contributed by atoms with Crippen molar-refractivity contribution in [1.82, 2.24) is 4.90 Å². The average Bonchev–Trinajstić information content (AvgIpc) is 2.33. The average molecular weight is 326 g/mol. The van der Waals surface area contributed by atoms with Crippen molar-refractivity contribution in [1.29, 1.82) is 0 Å². The predicted octanol–water partition coefficient (Wildman–Crippen LogP) is 3.37. The highest BCUT2D eigenvalue weighted by Gasteiger charge is 2.39. The Hall–Kier alpha value is -0.870. The number of rotatable bonds is 5. The number of hydrogen-bond donors (Lipinski definition) is 0. The van der Waals surface area contributed by atoms with E-state index in [1.807, 2.05) is 31.3 Å². The minimum atomic E-state index is -0.192. The molecule has 1 fully saturated rings. The summed E-state index contributed by atoms with van der Waals surface area (Å²) in [5.74, 6) is 0.154. The molecule has 0 unspecified atom stereocenters. The zero-order valence-corrected chi connectivity index (χ0v) is 13.1. The van der Waals surface area contributed by atoms with Crippen molar-refractivity contribution in [3.8, 4) is 0 Å². The molecule has 0 atom stereocenters. The quantitative estimate of drug-likeness (QED) is 0.830. The molecule has 0 aromatic heterocycles. The number of ether oxygens (including phenoxy) is 1. The molecule has 0 bridgehead atoms. The molecule has 1 saturated carbocycles. The van der Waals surface area contributed by atoms with Crippen LogP contribution in [0.15, 0.2) is 28.7 Å². The second kappa shape index (κ2) is 6.06. The lowest BCUT2D eigenvalue weighted by Crippen LogP contribution is -2.44. The van der Waals surface area contributed by atoms with Gasteiger partial charge in [0.2, 0.25) is 5.91 Å². The fourth-order valence-corrected chi connectivity index (χ4v) is 2.88. The van der Waals surface area contributed by atoms with E-state index in [9.17, 15) is 4.79 Å². The molecule has 1 aromatic rings. The van der Waals surface area contributed by atoms with Crippen LogP contribution in [0.25, 0.3) is 0 Å². The topological polar surface area (TPSA) is 29.5 Å². The molecule has 0 aliphatic heterocycles. The first kappa shape index (κ1) is 14.5. The second-order valence-corrected chi connectivity index (χ2v) is 6.21. The molecular formula is C15H20BrNO2. The molecule has 1 aliphatic carbocycles. The summed E-state index contributed by atoms with van der Waals surface area (Å²) in [6.07, 6.45) is 3.66. The largest absolute Gasteiger partial charge is 0.378 e. The van der Waals surface area contributed by atoms with Crippen molar-refractivity contribution in [3.05, 3.63) is 34.3 Å².